The lowest BCUT2D eigenvalue weighted by Gasteiger charge is -2.38. The summed E-state index contributed by atoms with van der Waals surface area (Å²) in [6, 6.07) is 0. The molecule has 0 saturated carbocycles. The van der Waals surface area contributed by atoms with E-state index in [4.69, 9.17) is 9.16 Å². The highest BCUT2D eigenvalue weighted by molar-refractivity contribution is 8.03. The van der Waals surface area contributed by atoms with Crippen molar-refractivity contribution in [2.45, 2.75) is 96.9 Å². The van der Waals surface area contributed by atoms with Gasteiger partial charge in [-0.05, 0) is 80.7 Å². The van der Waals surface area contributed by atoms with Gasteiger partial charge in [0.2, 0.25) is 0 Å². The molecule has 0 saturated heterocycles. The smallest absolute Gasteiger partial charge is 0.331 e. The van der Waals surface area contributed by atoms with Crippen molar-refractivity contribution in [3.8, 4) is 0 Å². The summed E-state index contributed by atoms with van der Waals surface area (Å²) in [5.41, 5.74) is 0. The van der Waals surface area contributed by atoms with E-state index in [1.165, 1.54) is 11.3 Å². The molecule has 6 heteroatoms. The quantitative estimate of drug-likeness (QED) is 0.163. The average Bonchev–Trinajstić information content (AvgIpc) is 3.09. The lowest BCUT2D eigenvalue weighted by atomic mass is 10.1. The van der Waals surface area contributed by atoms with Gasteiger partial charge in [0, 0.05) is 19.1 Å². The predicted molar refractivity (Wildman–Crippen MR) is 132 cm³/mol. The fourth-order valence-electron chi connectivity index (χ4n) is 3.15. The van der Waals surface area contributed by atoms with Crippen LogP contribution in [0, 0.1) is 5.92 Å². The van der Waals surface area contributed by atoms with Gasteiger partial charge in [-0.25, -0.2) is 4.79 Å². The molecule has 2 atom stereocenters. The summed E-state index contributed by atoms with van der Waals surface area (Å²) < 4.78 is 11.5. The van der Waals surface area contributed by atoms with Gasteiger partial charge in [0.1, 0.15) is 6.10 Å². The van der Waals surface area contributed by atoms with Gasteiger partial charge in [-0.15, -0.1) is 11.8 Å². The van der Waals surface area contributed by atoms with Crippen molar-refractivity contribution in [3.63, 3.8) is 0 Å². The molecule has 0 radical (unpaired) electrons. The molecule has 0 aromatic heterocycles. The molecular formula is C24H44O4SSi. The summed E-state index contributed by atoms with van der Waals surface area (Å²) in [5, 5.41) is 9.61. The second kappa shape index (κ2) is 13.8. The first kappa shape index (κ1) is 27.5. The van der Waals surface area contributed by atoms with Crippen molar-refractivity contribution in [1.82, 2.24) is 0 Å². The van der Waals surface area contributed by atoms with Crippen LogP contribution in [-0.4, -0.2) is 44.5 Å². The first-order chi connectivity index (χ1) is 14.1. The Bertz CT molecular complexity index is 566. The maximum Gasteiger partial charge on any atom is 0.331 e. The number of aliphatic carboxylic acids is 1. The Morgan fingerprint density at radius 3 is 2.70 bits per heavy atom. The predicted octanol–water partition coefficient (Wildman–Crippen LogP) is 7.03. The van der Waals surface area contributed by atoms with Gasteiger partial charge in [-0.3, -0.25) is 0 Å². The van der Waals surface area contributed by atoms with Gasteiger partial charge in [0.15, 0.2) is 8.32 Å². The van der Waals surface area contributed by atoms with Crippen molar-refractivity contribution in [2.75, 3.05) is 19.0 Å². The van der Waals surface area contributed by atoms with Crippen LogP contribution in [0.3, 0.4) is 0 Å². The van der Waals surface area contributed by atoms with Gasteiger partial charge in [-0.1, -0.05) is 39.0 Å². The second-order valence-corrected chi connectivity index (χ2v) is 15.5. The third kappa shape index (κ3) is 10.2. The summed E-state index contributed by atoms with van der Waals surface area (Å²) in [5.74, 6) is 0.795. The van der Waals surface area contributed by atoms with E-state index in [9.17, 15) is 9.90 Å². The Labute approximate surface area is 190 Å². The van der Waals surface area contributed by atoms with E-state index < -0.39 is 20.4 Å². The summed E-state index contributed by atoms with van der Waals surface area (Å²) in [6.45, 7) is 14.4. The number of allylic oxidation sites excluding steroid dienone is 4. The summed E-state index contributed by atoms with van der Waals surface area (Å²) in [6.07, 6.45) is 13.4. The van der Waals surface area contributed by atoms with Crippen LogP contribution < -0.4 is 0 Å². The summed E-state index contributed by atoms with van der Waals surface area (Å²) in [7, 11) is -2.06. The Kier molecular flexibility index (Phi) is 12.6. The molecule has 1 N–H and O–H groups in total. The number of hydrogen-bond acceptors (Lipinski definition) is 4. The molecule has 4 nitrogen and oxygen atoms in total. The zero-order valence-electron chi connectivity index (χ0n) is 20.0. The van der Waals surface area contributed by atoms with E-state index in [-0.39, 0.29) is 5.04 Å². The molecule has 1 aliphatic carbocycles. The zero-order chi connectivity index (χ0) is 22.6. The standard InChI is InChI=1S/C24H44O4SSi/c1-7-27-18-11-8-9-14-20-15-13-17-22(20)29-19-12-10-16-21(23(25)26)28-30(5,6)24(2,3)4/h9,14,17,20-21H,7-8,10-13,15-16,18-19H2,1-6H3,(H,25,26)/t20-,21?/m0/s1. The van der Waals surface area contributed by atoms with Crippen molar-refractivity contribution in [1.29, 1.82) is 0 Å². The van der Waals surface area contributed by atoms with Crippen molar-refractivity contribution >= 4 is 26.0 Å². The molecule has 30 heavy (non-hydrogen) atoms. The second-order valence-electron chi connectivity index (χ2n) is 9.61. The first-order valence-electron chi connectivity index (χ1n) is 11.6. The van der Waals surface area contributed by atoms with E-state index in [1.54, 1.807) is 0 Å². The fraction of sp³-hybridized carbons (Fsp3) is 0.792. The van der Waals surface area contributed by atoms with Crippen LogP contribution in [0.1, 0.15) is 72.6 Å². The maximum absolute atomic E-state index is 11.7. The van der Waals surface area contributed by atoms with E-state index in [1.807, 2.05) is 18.7 Å². The Balaban J connectivity index is 2.32. The third-order valence-electron chi connectivity index (χ3n) is 6.07. The first-order valence-corrected chi connectivity index (χ1v) is 15.5. The normalized spacial score (nSPS) is 18.7. The van der Waals surface area contributed by atoms with Crippen molar-refractivity contribution < 1.29 is 19.1 Å². The molecule has 0 bridgehead atoms. The van der Waals surface area contributed by atoms with Crippen LogP contribution in [0.15, 0.2) is 23.1 Å². The number of rotatable bonds is 15. The minimum atomic E-state index is -2.06. The number of carbonyl (C=O) groups is 1. The SMILES string of the molecule is CCOCCCC=C[C@H]1CCC=C1SCCCCC(O[Si](C)(C)C(C)(C)C)C(=O)O. The average molecular weight is 457 g/mol. The van der Waals surface area contributed by atoms with Crippen LogP contribution in [-0.2, 0) is 14.0 Å². The van der Waals surface area contributed by atoms with Gasteiger partial charge < -0.3 is 14.3 Å². The molecule has 174 valence electrons. The van der Waals surface area contributed by atoms with E-state index in [0.717, 1.165) is 51.1 Å². The molecule has 0 heterocycles. The van der Waals surface area contributed by atoms with Gasteiger partial charge in [-0.2, -0.15) is 0 Å². The van der Waals surface area contributed by atoms with Gasteiger partial charge in [0.05, 0.1) is 0 Å². The van der Waals surface area contributed by atoms with E-state index in [0.29, 0.717) is 12.3 Å². The van der Waals surface area contributed by atoms with Crippen LogP contribution >= 0.6 is 11.8 Å². The van der Waals surface area contributed by atoms with Crippen LogP contribution in [0.25, 0.3) is 0 Å². The molecule has 1 aliphatic rings. The minimum absolute atomic E-state index is 0.0249. The van der Waals surface area contributed by atoms with E-state index in [2.05, 4.69) is 52.1 Å². The molecular weight excluding hydrogens is 412 g/mol. The number of unbranched alkanes of at least 4 members (excludes halogenated alkanes) is 2. The molecule has 0 amide bonds. The number of hydrogen-bond donors (Lipinski definition) is 1. The minimum Gasteiger partial charge on any atom is -0.479 e. The Hall–Kier alpha value is -0.563. The summed E-state index contributed by atoms with van der Waals surface area (Å²) >= 11 is 1.95. The highest BCUT2D eigenvalue weighted by Crippen LogP contribution is 2.38. The molecule has 0 spiro atoms. The highest BCUT2D eigenvalue weighted by atomic mass is 32.2. The molecule has 0 aliphatic heterocycles. The lowest BCUT2D eigenvalue weighted by molar-refractivity contribution is -0.146. The third-order valence-corrected chi connectivity index (χ3v) is 11.9. The molecule has 1 unspecified atom stereocenters. The van der Waals surface area contributed by atoms with Crippen LogP contribution in [0.5, 0.6) is 0 Å². The zero-order valence-corrected chi connectivity index (χ0v) is 21.9. The number of carboxylic acids is 1. The van der Waals surface area contributed by atoms with Crippen molar-refractivity contribution in [2.24, 2.45) is 5.92 Å². The topological polar surface area (TPSA) is 55.8 Å². The summed E-state index contributed by atoms with van der Waals surface area (Å²) in [4.78, 5) is 13.2. The molecule has 0 aromatic carbocycles. The van der Waals surface area contributed by atoms with Crippen LogP contribution in [0.2, 0.25) is 18.1 Å². The fourth-order valence-corrected chi connectivity index (χ4v) is 5.66. The van der Waals surface area contributed by atoms with Gasteiger partial charge in [0.25, 0.3) is 0 Å². The lowest BCUT2D eigenvalue weighted by Crippen LogP contribution is -2.46. The molecule has 0 aromatic rings. The monoisotopic (exact) mass is 456 g/mol. The number of thioether (sulfide) groups is 1. The van der Waals surface area contributed by atoms with E-state index >= 15 is 0 Å². The highest BCUT2D eigenvalue weighted by Gasteiger charge is 2.40. The molecule has 1 rings (SSSR count). The number of carboxylic acid groups (broad SMARTS) is 1. The van der Waals surface area contributed by atoms with Crippen molar-refractivity contribution in [3.05, 3.63) is 23.1 Å². The maximum atomic E-state index is 11.7. The molecule has 0 fully saturated rings. The van der Waals surface area contributed by atoms with Gasteiger partial charge >= 0.3 is 5.97 Å². The van der Waals surface area contributed by atoms with Crippen LogP contribution in [0.4, 0.5) is 0 Å². The Morgan fingerprint density at radius 2 is 2.07 bits per heavy atom. The Morgan fingerprint density at radius 1 is 1.33 bits per heavy atom. The largest absolute Gasteiger partial charge is 0.479 e. The number of ether oxygens (including phenoxy) is 1.